The van der Waals surface area contributed by atoms with Crippen molar-refractivity contribution in [3.05, 3.63) is 76.8 Å². The Bertz CT molecular complexity index is 900. The van der Waals surface area contributed by atoms with Gasteiger partial charge in [-0.25, -0.2) is 8.42 Å². The van der Waals surface area contributed by atoms with Gasteiger partial charge in [0.1, 0.15) is 0 Å². The largest absolute Gasteiger partial charge is 0.314 e. The summed E-state index contributed by atoms with van der Waals surface area (Å²) in [5.74, 6) is -0.384. The Kier molecular flexibility index (Phi) is 4.77. The van der Waals surface area contributed by atoms with Crippen LogP contribution in [0, 0.1) is 12.8 Å². The third-order valence-electron chi connectivity index (χ3n) is 4.41. The van der Waals surface area contributed by atoms with Gasteiger partial charge in [-0.05, 0) is 24.6 Å². The smallest absolute Gasteiger partial charge is 0.227 e. The van der Waals surface area contributed by atoms with E-state index in [1.807, 2.05) is 37.3 Å². The van der Waals surface area contributed by atoms with Gasteiger partial charge < -0.3 is 4.90 Å². The number of nitrogens with zero attached hydrogens (tertiary/aromatic N) is 1. The van der Waals surface area contributed by atoms with E-state index in [1.54, 1.807) is 31.2 Å². The van der Waals surface area contributed by atoms with E-state index in [-0.39, 0.29) is 23.1 Å². The highest BCUT2D eigenvalue weighted by atomic mass is 32.2. The topological polar surface area (TPSA) is 54.5 Å². The van der Waals surface area contributed by atoms with Crippen molar-refractivity contribution in [3.63, 3.8) is 0 Å². The Morgan fingerprint density at radius 2 is 1.68 bits per heavy atom. The predicted molar refractivity (Wildman–Crippen MR) is 97.2 cm³/mol. The number of amides is 1. The summed E-state index contributed by atoms with van der Waals surface area (Å²) in [7, 11) is -3.61. The molecule has 1 heterocycles. The van der Waals surface area contributed by atoms with Crippen LogP contribution in [0.15, 0.2) is 70.6 Å². The monoisotopic (exact) mass is 355 g/mol. The van der Waals surface area contributed by atoms with Crippen molar-refractivity contribution >= 4 is 15.7 Å². The summed E-state index contributed by atoms with van der Waals surface area (Å²) in [5, 5.41) is 0. The molecule has 130 valence electrons. The van der Waals surface area contributed by atoms with Crippen molar-refractivity contribution in [2.45, 2.75) is 31.7 Å². The summed E-state index contributed by atoms with van der Waals surface area (Å²) in [6.07, 6.45) is 1.71. The van der Waals surface area contributed by atoms with Crippen molar-refractivity contribution in [1.82, 2.24) is 4.90 Å². The fourth-order valence-corrected chi connectivity index (χ4v) is 4.58. The van der Waals surface area contributed by atoms with Crippen LogP contribution in [0.25, 0.3) is 0 Å². The van der Waals surface area contributed by atoms with Crippen LogP contribution in [0.3, 0.4) is 0 Å². The average Bonchev–Trinajstić information content (AvgIpc) is 2.58. The highest BCUT2D eigenvalue weighted by Crippen LogP contribution is 2.32. The molecular weight excluding hydrogens is 334 g/mol. The molecular formula is C20H21NO3S. The minimum Gasteiger partial charge on any atom is -0.314 e. The second-order valence-corrected chi connectivity index (χ2v) is 8.41. The summed E-state index contributed by atoms with van der Waals surface area (Å²) in [4.78, 5) is 14.4. The molecule has 0 aliphatic carbocycles. The number of hydrogen-bond acceptors (Lipinski definition) is 3. The molecule has 0 fully saturated rings. The Morgan fingerprint density at radius 3 is 2.32 bits per heavy atom. The van der Waals surface area contributed by atoms with Gasteiger partial charge in [0.15, 0.2) is 0 Å². The van der Waals surface area contributed by atoms with Gasteiger partial charge in [-0.1, -0.05) is 55.0 Å². The van der Waals surface area contributed by atoms with Gasteiger partial charge in [-0.3, -0.25) is 4.79 Å². The predicted octanol–water partition coefficient (Wildman–Crippen LogP) is 3.68. The molecule has 5 heteroatoms. The third-order valence-corrected chi connectivity index (χ3v) is 6.43. The quantitative estimate of drug-likeness (QED) is 0.841. The normalized spacial score (nSPS) is 18.2. The minimum atomic E-state index is -3.61. The van der Waals surface area contributed by atoms with Gasteiger partial charge in [-0.15, -0.1) is 0 Å². The van der Waals surface area contributed by atoms with E-state index < -0.39 is 9.84 Å². The van der Waals surface area contributed by atoms with E-state index >= 15 is 0 Å². The first kappa shape index (κ1) is 17.4. The summed E-state index contributed by atoms with van der Waals surface area (Å²) >= 11 is 0. The van der Waals surface area contributed by atoms with Crippen molar-refractivity contribution < 1.29 is 13.2 Å². The zero-order valence-corrected chi connectivity index (χ0v) is 15.2. The molecule has 2 aromatic carbocycles. The van der Waals surface area contributed by atoms with Crippen LogP contribution in [0.5, 0.6) is 0 Å². The van der Waals surface area contributed by atoms with Crippen LogP contribution in [0.2, 0.25) is 0 Å². The van der Waals surface area contributed by atoms with Crippen LogP contribution in [-0.2, 0) is 21.2 Å². The zero-order chi connectivity index (χ0) is 18.0. The SMILES string of the molecule is Cc1ccc(S(=O)(=O)C2=CN(Cc3ccccc3)C(=O)CC2C)cc1. The highest BCUT2D eigenvalue weighted by Gasteiger charge is 2.33. The molecule has 25 heavy (non-hydrogen) atoms. The number of sulfone groups is 1. The first-order valence-corrected chi connectivity index (χ1v) is 9.73. The van der Waals surface area contributed by atoms with Crippen LogP contribution in [-0.4, -0.2) is 19.2 Å². The van der Waals surface area contributed by atoms with Crippen molar-refractivity contribution in [3.8, 4) is 0 Å². The van der Waals surface area contributed by atoms with E-state index in [0.29, 0.717) is 11.4 Å². The molecule has 1 aliphatic heterocycles. The molecule has 0 spiro atoms. The summed E-state index contributed by atoms with van der Waals surface area (Å²) < 4.78 is 26.0. The lowest BCUT2D eigenvalue weighted by Gasteiger charge is -2.29. The van der Waals surface area contributed by atoms with E-state index in [9.17, 15) is 13.2 Å². The molecule has 1 aliphatic rings. The fourth-order valence-electron chi connectivity index (χ4n) is 2.93. The maximum Gasteiger partial charge on any atom is 0.227 e. The molecule has 4 nitrogen and oxygen atoms in total. The lowest BCUT2D eigenvalue weighted by molar-refractivity contribution is -0.130. The number of carbonyl (C=O) groups is 1. The zero-order valence-electron chi connectivity index (χ0n) is 14.3. The molecule has 0 saturated carbocycles. The molecule has 1 atom stereocenters. The van der Waals surface area contributed by atoms with E-state index in [4.69, 9.17) is 0 Å². The summed E-state index contributed by atoms with van der Waals surface area (Å²) in [5.41, 5.74) is 1.97. The molecule has 0 aromatic heterocycles. The Hall–Kier alpha value is -2.40. The molecule has 0 N–H and O–H groups in total. The Morgan fingerprint density at radius 1 is 1.04 bits per heavy atom. The first-order valence-electron chi connectivity index (χ1n) is 8.25. The van der Waals surface area contributed by atoms with Crippen LogP contribution < -0.4 is 0 Å². The molecule has 0 saturated heterocycles. The third kappa shape index (κ3) is 3.66. The van der Waals surface area contributed by atoms with Crippen molar-refractivity contribution in [1.29, 1.82) is 0 Å². The molecule has 0 radical (unpaired) electrons. The number of rotatable bonds is 4. The number of aryl methyl sites for hydroxylation is 1. The maximum absolute atomic E-state index is 13.0. The van der Waals surface area contributed by atoms with Gasteiger partial charge in [0.2, 0.25) is 15.7 Å². The molecule has 0 bridgehead atoms. The molecule has 1 amide bonds. The number of benzene rings is 2. The lowest BCUT2D eigenvalue weighted by Crippen LogP contribution is -2.33. The number of carbonyl (C=O) groups excluding carboxylic acids is 1. The second-order valence-electron chi connectivity index (χ2n) is 6.46. The van der Waals surface area contributed by atoms with Crippen molar-refractivity contribution in [2.24, 2.45) is 5.92 Å². The molecule has 1 unspecified atom stereocenters. The molecule has 2 aromatic rings. The summed E-state index contributed by atoms with van der Waals surface area (Å²) in [6, 6.07) is 16.4. The fraction of sp³-hybridized carbons (Fsp3) is 0.250. The van der Waals surface area contributed by atoms with E-state index in [0.717, 1.165) is 11.1 Å². The molecule has 3 rings (SSSR count). The summed E-state index contributed by atoms with van der Waals surface area (Å²) in [6.45, 7) is 4.08. The lowest BCUT2D eigenvalue weighted by atomic mass is 10.0. The Balaban J connectivity index is 1.96. The van der Waals surface area contributed by atoms with Gasteiger partial charge >= 0.3 is 0 Å². The standard InChI is InChI=1S/C20H21NO3S/c1-15-8-10-18(11-9-15)25(23,24)19-14-21(20(22)12-16(19)2)13-17-6-4-3-5-7-17/h3-11,14,16H,12-13H2,1-2H3. The maximum atomic E-state index is 13.0. The second kappa shape index (κ2) is 6.84. The van der Waals surface area contributed by atoms with Gasteiger partial charge in [0.25, 0.3) is 0 Å². The van der Waals surface area contributed by atoms with Gasteiger partial charge in [-0.2, -0.15) is 0 Å². The van der Waals surface area contributed by atoms with Crippen molar-refractivity contribution in [2.75, 3.05) is 0 Å². The van der Waals surface area contributed by atoms with Crippen LogP contribution in [0.1, 0.15) is 24.5 Å². The highest BCUT2D eigenvalue weighted by molar-refractivity contribution is 7.95. The average molecular weight is 355 g/mol. The van der Waals surface area contributed by atoms with Crippen LogP contribution in [0.4, 0.5) is 0 Å². The Labute approximate surface area is 148 Å². The van der Waals surface area contributed by atoms with E-state index in [2.05, 4.69) is 0 Å². The van der Waals surface area contributed by atoms with Gasteiger partial charge in [0, 0.05) is 18.5 Å². The van der Waals surface area contributed by atoms with Crippen LogP contribution >= 0.6 is 0 Å². The van der Waals surface area contributed by atoms with E-state index in [1.165, 1.54) is 11.1 Å². The minimum absolute atomic E-state index is 0.0563. The number of allylic oxidation sites excluding steroid dienone is 1. The first-order chi connectivity index (χ1) is 11.9. The van der Waals surface area contributed by atoms with Gasteiger partial charge in [0.05, 0.1) is 16.3 Å². The number of hydrogen-bond donors (Lipinski definition) is 0.